The summed E-state index contributed by atoms with van der Waals surface area (Å²) in [6.45, 7) is 0. The fourth-order valence-electron chi connectivity index (χ4n) is 3.86. The Bertz CT molecular complexity index is 1840. The molecular weight excluding hydrogens is 568 g/mol. The van der Waals surface area contributed by atoms with Gasteiger partial charge in [-0.05, 0) is 5.10 Å². The highest BCUT2D eigenvalue weighted by atomic mass is 16.7. The summed E-state index contributed by atoms with van der Waals surface area (Å²) in [6.07, 6.45) is 0. The molecule has 0 aliphatic rings. The number of aromatic nitrogens is 4. The van der Waals surface area contributed by atoms with Crippen LogP contribution in [0.4, 0.5) is 45.5 Å². The number of nitro groups is 8. The molecule has 28 nitrogen and oxygen atoms in total. The van der Waals surface area contributed by atoms with Crippen molar-refractivity contribution in [2.45, 2.75) is 0 Å². The molecule has 0 unspecified atom stereocenters. The molecule has 204 valence electrons. The molecule has 4 rings (SSSR count). The van der Waals surface area contributed by atoms with Gasteiger partial charge in [0.25, 0.3) is 5.52 Å². The van der Waals surface area contributed by atoms with Crippen LogP contribution in [0.25, 0.3) is 22.1 Å². The monoisotopic (exact) mass is 568 g/mol. The van der Waals surface area contributed by atoms with E-state index in [-0.39, 0.29) is 9.26 Å². The highest BCUT2D eigenvalue weighted by molar-refractivity contribution is 6.03. The highest BCUT2D eigenvalue weighted by Crippen LogP contribution is 2.50. The summed E-state index contributed by atoms with van der Waals surface area (Å²) in [5.41, 5.74) is -21.6. The summed E-state index contributed by atoms with van der Waals surface area (Å²) in [5.74, 6) is 0. The zero-order chi connectivity index (χ0) is 30.1. The first-order valence-electron chi connectivity index (χ1n) is 9.20. The largest absolute Gasteiger partial charge is 0.435 e. The quantitative estimate of drug-likeness (QED) is 0.158. The summed E-state index contributed by atoms with van der Waals surface area (Å²) in [7, 11) is 0. The molecule has 40 heavy (non-hydrogen) atoms. The molecule has 2 aromatic heterocycles. The Labute approximate surface area is 208 Å². The van der Waals surface area contributed by atoms with Crippen LogP contribution in [0.1, 0.15) is 0 Å². The van der Waals surface area contributed by atoms with Gasteiger partial charge < -0.3 is 0 Å². The molecule has 0 saturated heterocycles. The van der Waals surface area contributed by atoms with Gasteiger partial charge in [0.15, 0.2) is 0 Å². The number of hydrogen-bond donors (Lipinski definition) is 0. The zero-order valence-corrected chi connectivity index (χ0v) is 17.9. The van der Waals surface area contributed by atoms with E-state index in [2.05, 4.69) is 10.2 Å². The third-order valence-corrected chi connectivity index (χ3v) is 5.12. The lowest BCUT2D eigenvalue weighted by atomic mass is 10.1. The fraction of sp³-hybridized carbons (Fsp3) is 0. The molecule has 0 N–H and O–H groups in total. The van der Waals surface area contributed by atoms with Gasteiger partial charge in [-0.1, -0.05) is 0 Å². The molecule has 0 amide bonds. The summed E-state index contributed by atoms with van der Waals surface area (Å²) in [6, 6.07) is 0. The van der Waals surface area contributed by atoms with Crippen LogP contribution in [-0.4, -0.2) is 49.1 Å². The molecule has 0 bridgehead atoms. The number of fused-ring (bicyclic) bond motifs is 5. The second kappa shape index (κ2) is 8.18. The van der Waals surface area contributed by atoms with Gasteiger partial charge in [-0.25, -0.2) is 0 Å². The normalized spacial score (nSPS) is 11.1. The van der Waals surface area contributed by atoms with Crippen molar-refractivity contribution >= 4 is 67.6 Å². The minimum atomic E-state index is -2.09. The van der Waals surface area contributed by atoms with Gasteiger partial charge in [0.2, 0.25) is 0 Å². The Morgan fingerprint density at radius 3 is 1.25 bits per heavy atom. The van der Waals surface area contributed by atoms with E-state index in [1.54, 1.807) is 0 Å². The molecule has 0 aliphatic carbocycles. The molecular formula is C12N12O16. The van der Waals surface area contributed by atoms with Gasteiger partial charge in [-0.2, -0.15) is 4.63 Å². The topological polar surface area (TPSA) is 381 Å². The van der Waals surface area contributed by atoms with E-state index in [0.29, 0.717) is 0 Å². The third kappa shape index (κ3) is 3.19. The molecule has 2 aromatic carbocycles. The SMILES string of the molecule is O=[N+]([O-])c1c([N+](=O)[O-])c([N+](=O)[O-])c2c(nn3c4c([N+](=O)[O-])c([N+](=O)[O-])c([N+](=O)[O-])c([N+](=O)[O-])c4[n-][n+]23)c1[N+](=O)[O-]. The molecule has 28 heteroatoms. The second-order valence-corrected chi connectivity index (χ2v) is 7.02. The maximum atomic E-state index is 11.8. The molecule has 0 fully saturated rings. The van der Waals surface area contributed by atoms with Crippen LogP contribution in [-0.2, 0) is 0 Å². The van der Waals surface area contributed by atoms with Crippen LogP contribution in [0.5, 0.6) is 0 Å². The molecule has 0 saturated carbocycles. The molecule has 0 spiro atoms. The van der Waals surface area contributed by atoms with E-state index in [1.165, 1.54) is 0 Å². The lowest BCUT2D eigenvalue weighted by Gasteiger charge is -2.01. The maximum absolute atomic E-state index is 11.8. The van der Waals surface area contributed by atoms with Gasteiger partial charge >= 0.3 is 51.0 Å². The first-order chi connectivity index (χ1) is 18.5. The zero-order valence-electron chi connectivity index (χ0n) is 17.9. The standard InChI is InChI=1S/C12N12O16/c25-17(26)5-1-3(7(19(29)30)11(23(37)38)9(5)21(33)34)15-14-2-4(16(15)13-1)8(20(31)32)12(24(39)40)10(22(35)36)6(2)18(27)28. The van der Waals surface area contributed by atoms with Crippen molar-refractivity contribution in [3.8, 4) is 0 Å². The van der Waals surface area contributed by atoms with E-state index in [4.69, 9.17) is 0 Å². The van der Waals surface area contributed by atoms with E-state index in [0.717, 1.165) is 0 Å². The Kier molecular flexibility index (Phi) is 5.30. The van der Waals surface area contributed by atoms with Crippen LogP contribution in [0, 0.1) is 80.9 Å². The van der Waals surface area contributed by atoms with Gasteiger partial charge in [0.1, 0.15) is 5.52 Å². The second-order valence-electron chi connectivity index (χ2n) is 7.02. The number of nitro benzene ring substituents is 8. The molecule has 0 atom stereocenters. The Morgan fingerprint density at radius 2 is 0.850 bits per heavy atom. The van der Waals surface area contributed by atoms with Crippen molar-refractivity contribution < 1.29 is 44.0 Å². The number of hydrogen-bond acceptors (Lipinski definition) is 17. The van der Waals surface area contributed by atoms with Crippen LogP contribution in [0.3, 0.4) is 0 Å². The number of nitrogens with zero attached hydrogens (tertiary/aromatic N) is 12. The smallest absolute Gasteiger partial charge is 0.263 e. The minimum absolute atomic E-state index is 0.130. The van der Waals surface area contributed by atoms with Crippen molar-refractivity contribution in [3.63, 3.8) is 0 Å². The first-order valence-corrected chi connectivity index (χ1v) is 9.20. The van der Waals surface area contributed by atoms with E-state index >= 15 is 0 Å². The predicted octanol–water partition coefficient (Wildman–Crippen LogP) is 0.449. The number of benzene rings is 2. The highest BCUT2D eigenvalue weighted by Gasteiger charge is 2.54. The first kappa shape index (κ1) is 25.9. The maximum Gasteiger partial charge on any atom is 0.435 e. The van der Waals surface area contributed by atoms with Crippen molar-refractivity contribution in [1.29, 1.82) is 0 Å². The van der Waals surface area contributed by atoms with Gasteiger partial charge in [0, 0.05) is 0 Å². The van der Waals surface area contributed by atoms with Gasteiger partial charge in [-0.15, -0.1) is 4.63 Å². The average Bonchev–Trinajstić information content (AvgIpc) is 3.35. The Hall–Kier alpha value is -7.16. The molecule has 0 aliphatic heterocycles. The lowest BCUT2D eigenvalue weighted by molar-refractivity contribution is -0.656. The van der Waals surface area contributed by atoms with Crippen molar-refractivity contribution in [2.75, 3.05) is 0 Å². The van der Waals surface area contributed by atoms with Crippen LogP contribution >= 0.6 is 0 Å². The average molecular weight is 568 g/mol. The Morgan fingerprint density at radius 1 is 0.500 bits per heavy atom. The third-order valence-electron chi connectivity index (χ3n) is 5.12. The van der Waals surface area contributed by atoms with E-state index in [9.17, 15) is 80.9 Å². The van der Waals surface area contributed by atoms with E-state index in [1.807, 2.05) is 0 Å². The summed E-state index contributed by atoms with van der Waals surface area (Å²) < 4.78 is -0.259. The Balaban J connectivity index is 2.54. The van der Waals surface area contributed by atoms with Gasteiger partial charge in [-0.3, -0.25) is 86.0 Å². The molecule has 0 radical (unpaired) electrons. The minimum Gasteiger partial charge on any atom is -0.263 e. The van der Waals surface area contributed by atoms with Gasteiger partial charge in [0.05, 0.1) is 44.9 Å². The summed E-state index contributed by atoms with van der Waals surface area (Å²) in [5, 5.41) is 100. The van der Waals surface area contributed by atoms with Crippen molar-refractivity contribution in [2.24, 2.45) is 0 Å². The molecule has 2 heterocycles. The fourth-order valence-corrected chi connectivity index (χ4v) is 3.86. The van der Waals surface area contributed by atoms with Crippen molar-refractivity contribution in [3.05, 3.63) is 80.9 Å². The summed E-state index contributed by atoms with van der Waals surface area (Å²) in [4.78, 5) is 79.8. The molecule has 4 aromatic rings. The lowest BCUT2D eigenvalue weighted by Crippen LogP contribution is -2.31. The van der Waals surface area contributed by atoms with Crippen molar-refractivity contribution in [1.82, 2.24) is 14.8 Å². The predicted molar refractivity (Wildman–Crippen MR) is 112 cm³/mol. The van der Waals surface area contributed by atoms with Crippen LogP contribution in [0.2, 0.25) is 0 Å². The van der Waals surface area contributed by atoms with E-state index < -0.39 is 107 Å². The number of rotatable bonds is 8. The van der Waals surface area contributed by atoms with Crippen LogP contribution in [0.15, 0.2) is 0 Å². The van der Waals surface area contributed by atoms with Crippen LogP contribution < -0.4 is 9.73 Å². The summed E-state index contributed by atoms with van der Waals surface area (Å²) >= 11 is 0.